The summed E-state index contributed by atoms with van der Waals surface area (Å²) >= 11 is 7.25. The average Bonchev–Trinajstić information content (AvgIpc) is 3.33. The van der Waals surface area contributed by atoms with Crippen LogP contribution in [0.1, 0.15) is 28.8 Å². The predicted octanol–water partition coefficient (Wildman–Crippen LogP) is 4.41. The summed E-state index contributed by atoms with van der Waals surface area (Å²) in [6.45, 7) is 2.16. The molecule has 3 heterocycles. The second kappa shape index (κ2) is 8.56. The van der Waals surface area contributed by atoms with Crippen LogP contribution in [0.2, 0.25) is 5.02 Å². The van der Waals surface area contributed by atoms with Gasteiger partial charge in [-0.3, -0.25) is 9.69 Å². The lowest BCUT2D eigenvalue weighted by Crippen LogP contribution is -2.60. The molecule has 0 unspecified atom stereocenters. The predicted molar refractivity (Wildman–Crippen MR) is 123 cm³/mol. The number of piperazine rings is 1. The van der Waals surface area contributed by atoms with Crippen molar-refractivity contribution in [2.24, 2.45) is 0 Å². The van der Waals surface area contributed by atoms with Gasteiger partial charge in [-0.1, -0.05) is 29.8 Å². The largest absolute Gasteiger partial charge is 0.384 e. The monoisotopic (exact) mass is 471 g/mol. The summed E-state index contributed by atoms with van der Waals surface area (Å²) in [4.78, 5) is 17.2. The maximum Gasteiger partial charge on any atom is 0.256 e. The van der Waals surface area contributed by atoms with Crippen molar-refractivity contribution in [1.82, 2.24) is 14.2 Å². The molecule has 8 heteroatoms. The number of nitrogens with zero attached hydrogens (tertiary/aromatic N) is 3. The zero-order valence-electron chi connectivity index (χ0n) is 17.4. The highest BCUT2D eigenvalue weighted by atomic mass is 35.5. The van der Waals surface area contributed by atoms with Gasteiger partial charge in [0, 0.05) is 48.2 Å². The maximum absolute atomic E-state index is 15.2. The minimum Gasteiger partial charge on any atom is -0.384 e. The fourth-order valence-electron chi connectivity index (χ4n) is 4.79. The third kappa shape index (κ3) is 3.94. The number of piperidine rings is 1. The molecule has 2 aliphatic heterocycles. The lowest BCUT2D eigenvalue weighted by atomic mass is 9.82. The van der Waals surface area contributed by atoms with E-state index in [1.54, 1.807) is 46.7 Å². The van der Waals surface area contributed by atoms with Crippen LogP contribution in [-0.2, 0) is 5.60 Å². The molecular weight excluding hydrogens is 449 g/mol. The highest BCUT2D eigenvalue weighted by Gasteiger charge is 2.42. The fraction of sp³-hybridized carbons (Fsp3) is 0.333. The molecule has 0 aliphatic carbocycles. The normalized spacial score (nSPS) is 23.7. The molecule has 0 saturated carbocycles. The lowest BCUT2D eigenvalue weighted by molar-refractivity contribution is -0.0740. The SMILES string of the molecule is O=C(c1cccc(-c2ccsn2)c1F)N1CCN2C[C@@](O)(c3ccc(Cl)cc3)CC[C@@H]2C1. The minimum absolute atomic E-state index is 0.0810. The zero-order valence-corrected chi connectivity index (χ0v) is 18.9. The molecule has 1 amide bonds. The summed E-state index contributed by atoms with van der Waals surface area (Å²) in [7, 11) is 0. The van der Waals surface area contributed by atoms with Crippen LogP contribution in [0.5, 0.6) is 0 Å². The van der Waals surface area contributed by atoms with Gasteiger partial charge in [0.15, 0.2) is 0 Å². The molecule has 2 saturated heterocycles. The van der Waals surface area contributed by atoms with E-state index in [0.717, 1.165) is 12.0 Å². The lowest BCUT2D eigenvalue weighted by Gasteiger charge is -2.49. The highest BCUT2D eigenvalue weighted by Crippen LogP contribution is 2.36. The first-order valence-corrected chi connectivity index (χ1v) is 11.9. The van der Waals surface area contributed by atoms with E-state index < -0.39 is 11.4 Å². The van der Waals surface area contributed by atoms with Crippen LogP contribution >= 0.6 is 23.1 Å². The van der Waals surface area contributed by atoms with Gasteiger partial charge in [-0.15, -0.1) is 0 Å². The second-order valence-electron chi connectivity index (χ2n) is 8.50. The standard InChI is InChI=1S/C24H23ClFN3O2S/c25-17-6-4-16(5-7-17)24(31)10-8-18-14-28(11-12-29(18)15-24)23(30)20-3-1-2-19(22(20)26)21-9-13-32-27-21/h1-7,9,13,18,31H,8,10-12,14-15H2/t18-,24-/m1/s1. The van der Waals surface area contributed by atoms with Crippen LogP contribution < -0.4 is 0 Å². The Labute approximate surface area is 195 Å². The van der Waals surface area contributed by atoms with Gasteiger partial charge in [0.25, 0.3) is 5.91 Å². The number of hydrogen-bond donors (Lipinski definition) is 1. The van der Waals surface area contributed by atoms with Crippen molar-refractivity contribution in [2.45, 2.75) is 24.5 Å². The van der Waals surface area contributed by atoms with Crippen molar-refractivity contribution >= 4 is 29.0 Å². The van der Waals surface area contributed by atoms with E-state index in [1.165, 1.54) is 11.5 Å². The van der Waals surface area contributed by atoms with Crippen molar-refractivity contribution in [3.8, 4) is 11.3 Å². The maximum atomic E-state index is 15.2. The number of halogens is 2. The Morgan fingerprint density at radius 1 is 1.19 bits per heavy atom. The van der Waals surface area contributed by atoms with E-state index in [0.29, 0.717) is 48.9 Å². The van der Waals surface area contributed by atoms with E-state index in [9.17, 15) is 9.90 Å². The molecule has 0 bridgehead atoms. The first-order chi connectivity index (χ1) is 15.4. The Morgan fingerprint density at radius 3 is 2.75 bits per heavy atom. The van der Waals surface area contributed by atoms with Crippen molar-refractivity contribution in [2.75, 3.05) is 26.2 Å². The van der Waals surface area contributed by atoms with Gasteiger partial charge in [0.2, 0.25) is 0 Å². The van der Waals surface area contributed by atoms with Gasteiger partial charge in [-0.25, -0.2) is 4.39 Å². The smallest absolute Gasteiger partial charge is 0.256 e. The Hall–Kier alpha value is -2.32. The molecule has 5 nitrogen and oxygen atoms in total. The van der Waals surface area contributed by atoms with Gasteiger partial charge in [-0.2, -0.15) is 4.37 Å². The molecule has 1 N–H and O–H groups in total. The highest BCUT2D eigenvalue weighted by molar-refractivity contribution is 7.03. The molecule has 5 rings (SSSR count). The molecular formula is C24H23ClFN3O2S. The second-order valence-corrected chi connectivity index (χ2v) is 9.61. The summed E-state index contributed by atoms with van der Waals surface area (Å²) in [5.74, 6) is -0.815. The molecule has 2 aromatic carbocycles. The number of rotatable bonds is 3. The number of hydrogen-bond acceptors (Lipinski definition) is 5. The van der Waals surface area contributed by atoms with Crippen molar-refractivity contribution < 1.29 is 14.3 Å². The molecule has 2 atom stereocenters. The summed E-state index contributed by atoms with van der Waals surface area (Å²) in [5, 5.41) is 13.7. The van der Waals surface area contributed by atoms with Crippen LogP contribution in [0.15, 0.2) is 53.9 Å². The minimum atomic E-state index is -0.929. The topological polar surface area (TPSA) is 56.7 Å². The van der Waals surface area contributed by atoms with Crippen LogP contribution in [0.25, 0.3) is 11.3 Å². The Balaban J connectivity index is 1.30. The summed E-state index contributed by atoms with van der Waals surface area (Å²) in [6, 6.07) is 14.1. The van der Waals surface area contributed by atoms with E-state index in [4.69, 9.17) is 11.6 Å². The van der Waals surface area contributed by atoms with Crippen LogP contribution in [-0.4, -0.2) is 57.4 Å². The Kier molecular flexibility index (Phi) is 5.75. The van der Waals surface area contributed by atoms with Crippen molar-refractivity contribution in [1.29, 1.82) is 0 Å². The third-order valence-corrected chi connectivity index (χ3v) is 7.38. The van der Waals surface area contributed by atoms with E-state index >= 15 is 4.39 Å². The van der Waals surface area contributed by atoms with Gasteiger partial charge < -0.3 is 10.0 Å². The first-order valence-electron chi connectivity index (χ1n) is 10.7. The van der Waals surface area contributed by atoms with Gasteiger partial charge in [0.1, 0.15) is 11.4 Å². The quantitative estimate of drug-likeness (QED) is 0.614. The summed E-state index contributed by atoms with van der Waals surface area (Å²) in [5.41, 5.74) is 0.903. The van der Waals surface area contributed by atoms with Gasteiger partial charge in [0.05, 0.1) is 11.3 Å². The number of fused-ring (bicyclic) bond motifs is 1. The van der Waals surface area contributed by atoms with E-state index in [1.807, 2.05) is 12.1 Å². The first kappa shape index (κ1) is 21.5. The average molecular weight is 472 g/mol. The molecule has 0 spiro atoms. The molecule has 1 aromatic heterocycles. The van der Waals surface area contributed by atoms with Gasteiger partial charge in [-0.05, 0) is 60.3 Å². The number of aliphatic hydroxyl groups is 1. The fourth-order valence-corrected chi connectivity index (χ4v) is 5.44. The molecule has 2 fully saturated rings. The van der Waals surface area contributed by atoms with Crippen molar-refractivity contribution in [3.63, 3.8) is 0 Å². The Bertz CT molecular complexity index is 1120. The number of carbonyl (C=O) groups excluding carboxylic acids is 1. The van der Waals surface area contributed by atoms with E-state index in [-0.39, 0.29) is 17.5 Å². The number of aromatic nitrogens is 1. The molecule has 3 aromatic rings. The summed E-state index contributed by atoms with van der Waals surface area (Å²) < 4.78 is 19.4. The summed E-state index contributed by atoms with van der Waals surface area (Å²) in [6.07, 6.45) is 1.36. The number of carbonyl (C=O) groups is 1. The van der Waals surface area contributed by atoms with Crippen LogP contribution in [0, 0.1) is 5.82 Å². The van der Waals surface area contributed by atoms with Crippen LogP contribution in [0.3, 0.4) is 0 Å². The number of amides is 1. The number of benzene rings is 2. The van der Waals surface area contributed by atoms with Crippen molar-refractivity contribution in [3.05, 3.63) is 75.9 Å². The van der Waals surface area contributed by atoms with E-state index in [2.05, 4.69) is 9.27 Å². The molecule has 0 radical (unpaired) electrons. The zero-order chi connectivity index (χ0) is 22.3. The molecule has 166 valence electrons. The molecule has 2 aliphatic rings. The Morgan fingerprint density at radius 2 is 2.00 bits per heavy atom. The third-order valence-electron chi connectivity index (χ3n) is 6.57. The van der Waals surface area contributed by atoms with Gasteiger partial charge >= 0.3 is 0 Å². The molecule has 32 heavy (non-hydrogen) atoms. The van der Waals surface area contributed by atoms with Crippen LogP contribution in [0.4, 0.5) is 4.39 Å².